The zero-order valence-corrected chi connectivity index (χ0v) is 11.9. The lowest BCUT2D eigenvalue weighted by atomic mass is 10.0. The molecule has 0 fully saturated rings. The largest absolute Gasteiger partial charge is 0.396 e. The number of hydrogen-bond acceptors (Lipinski definition) is 3. The van der Waals surface area contributed by atoms with Crippen LogP contribution >= 0.6 is 0 Å². The third-order valence-corrected chi connectivity index (χ3v) is 4.54. The van der Waals surface area contributed by atoms with E-state index in [9.17, 15) is 12.8 Å². The van der Waals surface area contributed by atoms with E-state index in [4.69, 9.17) is 5.73 Å². The van der Waals surface area contributed by atoms with Crippen molar-refractivity contribution in [3.05, 3.63) is 23.5 Å². The fourth-order valence-electron chi connectivity index (χ4n) is 1.41. The Labute approximate surface area is 107 Å². The molecule has 0 aliphatic heterocycles. The lowest BCUT2D eigenvalue weighted by molar-refractivity contribution is 0.439. The molecule has 0 aliphatic rings. The summed E-state index contributed by atoms with van der Waals surface area (Å²) in [5.41, 5.74) is 4.94. The van der Waals surface area contributed by atoms with Crippen LogP contribution in [-0.4, -0.2) is 14.0 Å². The molecule has 0 aliphatic carbocycles. The molecule has 1 aromatic carbocycles. The third-order valence-electron chi connectivity index (χ3n) is 2.86. The van der Waals surface area contributed by atoms with Crippen molar-refractivity contribution in [1.82, 2.24) is 4.72 Å². The zero-order chi connectivity index (χ0) is 14.1. The Hall–Kier alpha value is -1.14. The highest BCUT2D eigenvalue weighted by atomic mass is 32.2. The van der Waals surface area contributed by atoms with Gasteiger partial charge in [-0.05, 0) is 44.9 Å². The predicted octanol–water partition coefficient (Wildman–Crippen LogP) is 2.18. The van der Waals surface area contributed by atoms with E-state index in [2.05, 4.69) is 4.72 Å². The minimum Gasteiger partial charge on any atom is -0.396 e. The molecule has 1 rings (SSSR count). The summed E-state index contributed by atoms with van der Waals surface area (Å²) in [4.78, 5) is -0.0135. The van der Waals surface area contributed by atoms with Crippen molar-refractivity contribution >= 4 is 15.7 Å². The zero-order valence-electron chi connectivity index (χ0n) is 11.0. The van der Waals surface area contributed by atoms with Gasteiger partial charge in [0.1, 0.15) is 5.82 Å². The van der Waals surface area contributed by atoms with Crippen LogP contribution in [0.2, 0.25) is 0 Å². The molecule has 0 amide bonds. The minimum atomic E-state index is -3.69. The van der Waals surface area contributed by atoms with Crippen LogP contribution in [0.4, 0.5) is 10.1 Å². The summed E-state index contributed by atoms with van der Waals surface area (Å²) in [5.74, 6) is -0.580. The van der Waals surface area contributed by atoms with Crippen LogP contribution in [0, 0.1) is 12.7 Å². The SMILES string of the molecule is CCC(C)(C)NS(=O)(=O)c1cc(C)c(F)c(N)c1. The molecule has 0 aromatic heterocycles. The molecule has 0 unspecified atom stereocenters. The van der Waals surface area contributed by atoms with E-state index in [0.717, 1.165) is 6.07 Å². The summed E-state index contributed by atoms with van der Waals surface area (Å²) in [5, 5.41) is 0. The molecule has 0 radical (unpaired) electrons. The Balaban J connectivity index is 3.22. The fourth-order valence-corrected chi connectivity index (χ4v) is 3.02. The number of aryl methyl sites for hydroxylation is 1. The van der Waals surface area contributed by atoms with Gasteiger partial charge in [0.25, 0.3) is 0 Å². The first-order chi connectivity index (χ1) is 8.09. The first kappa shape index (κ1) is 14.9. The van der Waals surface area contributed by atoms with Crippen LogP contribution in [-0.2, 0) is 10.0 Å². The van der Waals surface area contributed by atoms with Crippen LogP contribution in [0.5, 0.6) is 0 Å². The van der Waals surface area contributed by atoms with Crippen molar-refractivity contribution in [2.75, 3.05) is 5.73 Å². The maximum atomic E-state index is 13.4. The van der Waals surface area contributed by atoms with Gasteiger partial charge in [0, 0.05) is 5.54 Å². The minimum absolute atomic E-state index is 0.0135. The van der Waals surface area contributed by atoms with Crippen molar-refractivity contribution in [3.63, 3.8) is 0 Å². The monoisotopic (exact) mass is 274 g/mol. The number of nitrogen functional groups attached to an aromatic ring is 1. The Bertz CT molecular complexity index is 530. The van der Waals surface area contributed by atoms with E-state index in [1.165, 1.54) is 13.0 Å². The van der Waals surface area contributed by atoms with Crippen molar-refractivity contribution in [2.24, 2.45) is 0 Å². The Morgan fingerprint density at radius 1 is 1.39 bits per heavy atom. The standard InChI is InChI=1S/C12H19FN2O2S/c1-5-12(3,4)15-18(16,17)9-6-8(2)11(13)10(14)7-9/h6-7,15H,5,14H2,1-4H3. The third kappa shape index (κ3) is 3.20. The van der Waals surface area contributed by atoms with Crippen LogP contribution < -0.4 is 10.5 Å². The summed E-state index contributed by atoms with van der Waals surface area (Å²) in [6, 6.07) is 2.41. The molecule has 0 heterocycles. The van der Waals surface area contributed by atoms with Gasteiger partial charge >= 0.3 is 0 Å². The summed E-state index contributed by atoms with van der Waals surface area (Å²) < 4.78 is 40.2. The molecule has 3 N–H and O–H groups in total. The molecule has 18 heavy (non-hydrogen) atoms. The first-order valence-corrected chi connectivity index (χ1v) is 7.17. The van der Waals surface area contributed by atoms with Crippen molar-refractivity contribution in [2.45, 2.75) is 44.6 Å². The van der Waals surface area contributed by atoms with Gasteiger partial charge < -0.3 is 5.73 Å². The Kier molecular flexibility index (Phi) is 4.02. The van der Waals surface area contributed by atoms with Gasteiger partial charge in [-0.3, -0.25) is 0 Å². The average molecular weight is 274 g/mol. The Morgan fingerprint density at radius 2 is 1.94 bits per heavy atom. The van der Waals surface area contributed by atoms with Gasteiger partial charge in [-0.15, -0.1) is 0 Å². The normalized spacial score (nSPS) is 12.7. The molecule has 0 bridgehead atoms. The maximum Gasteiger partial charge on any atom is 0.241 e. The maximum absolute atomic E-state index is 13.4. The molecular weight excluding hydrogens is 255 g/mol. The number of halogens is 1. The first-order valence-electron chi connectivity index (χ1n) is 5.68. The molecule has 0 saturated carbocycles. The highest BCUT2D eigenvalue weighted by Gasteiger charge is 2.25. The molecule has 4 nitrogen and oxygen atoms in total. The molecule has 0 saturated heterocycles. The highest BCUT2D eigenvalue weighted by Crippen LogP contribution is 2.22. The van der Waals surface area contributed by atoms with Gasteiger partial charge in [0.2, 0.25) is 10.0 Å². The second kappa shape index (κ2) is 4.85. The number of sulfonamides is 1. The van der Waals surface area contributed by atoms with Crippen molar-refractivity contribution < 1.29 is 12.8 Å². The van der Waals surface area contributed by atoms with Gasteiger partial charge in [-0.1, -0.05) is 6.92 Å². The van der Waals surface area contributed by atoms with E-state index in [1.54, 1.807) is 13.8 Å². The fraction of sp³-hybridized carbons (Fsp3) is 0.500. The molecule has 6 heteroatoms. The predicted molar refractivity (Wildman–Crippen MR) is 70.2 cm³/mol. The highest BCUT2D eigenvalue weighted by molar-refractivity contribution is 7.89. The van der Waals surface area contributed by atoms with Crippen LogP contribution in [0.1, 0.15) is 32.8 Å². The quantitative estimate of drug-likeness (QED) is 0.827. The van der Waals surface area contributed by atoms with E-state index < -0.39 is 21.4 Å². The number of hydrogen-bond donors (Lipinski definition) is 2. The van der Waals surface area contributed by atoms with Gasteiger partial charge in [0.05, 0.1) is 10.6 Å². The molecule has 1 aromatic rings. The second-order valence-electron chi connectivity index (χ2n) is 4.99. The lowest BCUT2D eigenvalue weighted by Crippen LogP contribution is -2.42. The van der Waals surface area contributed by atoms with Crippen LogP contribution in [0.3, 0.4) is 0 Å². The lowest BCUT2D eigenvalue weighted by Gasteiger charge is -2.24. The number of benzene rings is 1. The molecule has 0 spiro atoms. The molecule has 0 atom stereocenters. The number of nitrogens with two attached hydrogens (primary N) is 1. The second-order valence-corrected chi connectivity index (χ2v) is 6.67. The summed E-state index contributed by atoms with van der Waals surface area (Å²) in [7, 11) is -3.69. The van der Waals surface area contributed by atoms with E-state index >= 15 is 0 Å². The van der Waals surface area contributed by atoms with E-state index in [0.29, 0.717) is 6.42 Å². The molecular formula is C12H19FN2O2S. The van der Waals surface area contributed by atoms with Gasteiger partial charge in [-0.2, -0.15) is 0 Å². The summed E-state index contributed by atoms with van der Waals surface area (Å²) in [6.07, 6.45) is 0.641. The summed E-state index contributed by atoms with van der Waals surface area (Å²) >= 11 is 0. The van der Waals surface area contributed by atoms with Gasteiger partial charge in [0.15, 0.2) is 0 Å². The van der Waals surface area contributed by atoms with Crippen molar-refractivity contribution in [3.8, 4) is 0 Å². The average Bonchev–Trinajstić information content (AvgIpc) is 2.23. The van der Waals surface area contributed by atoms with Gasteiger partial charge in [-0.25, -0.2) is 17.5 Å². The number of rotatable bonds is 4. The topological polar surface area (TPSA) is 72.2 Å². The van der Waals surface area contributed by atoms with E-state index in [1.807, 2.05) is 6.92 Å². The van der Waals surface area contributed by atoms with Crippen LogP contribution in [0.15, 0.2) is 17.0 Å². The molecule has 102 valence electrons. The van der Waals surface area contributed by atoms with Crippen molar-refractivity contribution in [1.29, 1.82) is 0 Å². The summed E-state index contributed by atoms with van der Waals surface area (Å²) in [6.45, 7) is 6.93. The van der Waals surface area contributed by atoms with E-state index in [-0.39, 0.29) is 16.1 Å². The number of nitrogens with one attached hydrogen (secondary N) is 1. The smallest absolute Gasteiger partial charge is 0.241 e. The Morgan fingerprint density at radius 3 is 2.39 bits per heavy atom. The van der Waals surface area contributed by atoms with Crippen LogP contribution in [0.25, 0.3) is 0 Å². The number of anilines is 1.